The number of H-pyrrole nitrogens is 1. The number of phenols is 2. The molecule has 0 radical (unpaired) electrons. The Kier molecular flexibility index (Phi) is 18.3. The number of hydrogen-bond donors (Lipinski definition) is 11. The van der Waals surface area contributed by atoms with Crippen LogP contribution in [-0.4, -0.2) is 125 Å². The summed E-state index contributed by atoms with van der Waals surface area (Å²) in [5.74, 6) is 8.35. The van der Waals surface area contributed by atoms with Crippen molar-refractivity contribution in [2.24, 2.45) is 5.92 Å². The molecule has 11 N–H and O–H groups in total. The maximum atomic E-state index is 12.6. The summed E-state index contributed by atoms with van der Waals surface area (Å²) in [6.07, 6.45) is 11.0. The topological polar surface area (TPSA) is 222 Å². The summed E-state index contributed by atoms with van der Waals surface area (Å²) in [4.78, 5) is 3.41. The lowest BCUT2D eigenvalue weighted by molar-refractivity contribution is -0.141. The second-order valence-electron chi connectivity index (χ2n) is 26.7. The van der Waals surface area contributed by atoms with Gasteiger partial charge < -0.3 is 65.2 Å². The number of aromatic amines is 1. The van der Waals surface area contributed by atoms with Crippen molar-refractivity contribution < 1.29 is 49.6 Å². The lowest BCUT2D eigenvalue weighted by Crippen LogP contribution is -2.62. The molecule has 15 nitrogen and oxygen atoms in total. The van der Waals surface area contributed by atoms with Crippen LogP contribution in [0, 0.1) is 17.8 Å². The highest BCUT2D eigenvalue weighted by molar-refractivity contribution is 5.90. The number of fused-ring (bicyclic) bond motifs is 13. The summed E-state index contributed by atoms with van der Waals surface area (Å²) < 4.78 is 29.3. The van der Waals surface area contributed by atoms with Crippen molar-refractivity contribution >= 4 is 17.0 Å². The van der Waals surface area contributed by atoms with Crippen molar-refractivity contribution in [1.82, 2.24) is 26.3 Å². The smallest absolute Gasteiger partial charge is 0.162 e. The third kappa shape index (κ3) is 12.3. The van der Waals surface area contributed by atoms with Crippen LogP contribution in [0.4, 0.5) is 0 Å². The van der Waals surface area contributed by atoms with Gasteiger partial charge in [-0.25, -0.2) is 0 Å². The van der Waals surface area contributed by atoms with Crippen molar-refractivity contribution in [2.75, 3.05) is 59.9 Å². The Balaban J connectivity index is 0.995. The summed E-state index contributed by atoms with van der Waals surface area (Å²) in [5, 5.41) is 84.4. The highest BCUT2D eigenvalue weighted by Gasteiger charge is 2.55. The molecule has 6 aromatic carbocycles. The van der Waals surface area contributed by atoms with E-state index < -0.39 is 35.6 Å². The first-order valence-electron chi connectivity index (χ1n) is 32.8. The molecule has 6 aliphatic rings. The van der Waals surface area contributed by atoms with E-state index in [1.54, 1.807) is 0 Å². The zero-order valence-corrected chi connectivity index (χ0v) is 52.7. The first-order valence-corrected chi connectivity index (χ1v) is 32.8. The van der Waals surface area contributed by atoms with Gasteiger partial charge in [0.05, 0.1) is 32.2 Å². The molecule has 4 heterocycles. The SMILES string of the molecule is CNCO[C@]12Cc3c4c(c5c(c3O[C@@H]1c1cc(C[C@H]3C=C[C@H](CO)c6ccccc63)c(O)c(c1)O[C@@H](CO)CC#C[C@H]2NCNC[C@@](C)(O)CC(C)C)CC[C@H](CO)O5)-c1ccc(O)c2c1[C@@H](C4)[C@H](c1ccc3[nH]ccc3c1)C(CNCCCc1ccccc1)=C2. The first kappa shape index (κ1) is 62.4. The zero-order chi connectivity index (χ0) is 63.0. The number of hydrogen-bond acceptors (Lipinski definition) is 14. The van der Waals surface area contributed by atoms with Gasteiger partial charge >= 0.3 is 0 Å². The minimum atomic E-state index is -1.37. The number of rotatable bonds is 22. The second kappa shape index (κ2) is 26.6. The lowest BCUT2D eigenvalue weighted by Gasteiger charge is -2.50. The van der Waals surface area contributed by atoms with Crippen LogP contribution in [0.25, 0.3) is 28.1 Å². The van der Waals surface area contributed by atoms with Gasteiger partial charge in [-0.05, 0) is 181 Å². The van der Waals surface area contributed by atoms with Crippen molar-refractivity contribution in [1.29, 1.82) is 0 Å². The monoisotopic (exact) mass is 1230 g/mol. The fourth-order valence-corrected chi connectivity index (χ4v) is 15.7. The van der Waals surface area contributed by atoms with Crippen LogP contribution < -0.4 is 35.5 Å². The molecule has 0 fully saturated rings. The van der Waals surface area contributed by atoms with Crippen LogP contribution in [0.1, 0.15) is 137 Å². The number of aromatic nitrogens is 1. The second-order valence-corrected chi connectivity index (χ2v) is 26.7. The van der Waals surface area contributed by atoms with E-state index in [1.165, 1.54) is 11.1 Å². The average molecular weight is 1230 g/mol. The van der Waals surface area contributed by atoms with Gasteiger partial charge in [0.15, 0.2) is 17.6 Å². The quantitative estimate of drug-likeness (QED) is 0.0132. The molecule has 7 aromatic rings. The van der Waals surface area contributed by atoms with E-state index in [0.29, 0.717) is 67.8 Å². The summed E-state index contributed by atoms with van der Waals surface area (Å²) in [6.45, 7) is 7.50. The molecule has 0 saturated carbocycles. The minimum Gasteiger partial charge on any atom is -0.507 e. The van der Waals surface area contributed by atoms with Gasteiger partial charge in [0.25, 0.3) is 0 Å². The van der Waals surface area contributed by atoms with Gasteiger partial charge in [-0.1, -0.05) is 105 Å². The van der Waals surface area contributed by atoms with Crippen LogP contribution in [0.5, 0.6) is 28.7 Å². The molecular formula is C76H87N5O10. The van der Waals surface area contributed by atoms with Crippen molar-refractivity contribution in [3.05, 3.63) is 188 Å². The van der Waals surface area contributed by atoms with Crippen LogP contribution in [0.2, 0.25) is 0 Å². The Bertz CT molecular complexity index is 3920. The van der Waals surface area contributed by atoms with Crippen molar-refractivity contribution in [3.63, 3.8) is 0 Å². The maximum absolute atomic E-state index is 12.6. The predicted molar refractivity (Wildman–Crippen MR) is 355 cm³/mol. The number of benzene rings is 6. The molecule has 13 rings (SSSR count). The summed E-state index contributed by atoms with van der Waals surface area (Å²) >= 11 is 0. The van der Waals surface area contributed by atoms with E-state index in [-0.39, 0.29) is 92.9 Å². The van der Waals surface area contributed by atoms with Gasteiger partial charge in [0.1, 0.15) is 41.1 Å². The molecule has 2 bridgehead atoms. The third-order valence-electron chi connectivity index (χ3n) is 19.8. The highest BCUT2D eigenvalue weighted by Crippen LogP contribution is 2.62. The molecule has 1 aromatic heterocycles. The molecule has 0 amide bonds. The summed E-state index contributed by atoms with van der Waals surface area (Å²) in [5.41, 5.74) is 12.2. The van der Waals surface area contributed by atoms with E-state index >= 15 is 0 Å². The number of ether oxygens (including phenoxy) is 4. The van der Waals surface area contributed by atoms with Crippen LogP contribution in [0.15, 0.2) is 127 Å². The Morgan fingerprint density at radius 3 is 2.42 bits per heavy atom. The Morgan fingerprint density at radius 2 is 1.63 bits per heavy atom. The number of aromatic hydroxyl groups is 2. The molecule has 10 atom stereocenters. The van der Waals surface area contributed by atoms with Crippen molar-refractivity contribution in [3.8, 4) is 51.7 Å². The molecule has 3 aliphatic carbocycles. The normalized spacial score (nSPS) is 24.1. The first-order chi connectivity index (χ1) is 44.3. The number of phenolic OH excluding ortho intramolecular Hbond substituents is 2. The Morgan fingerprint density at radius 1 is 0.824 bits per heavy atom. The number of aliphatic hydroxyl groups is 4. The van der Waals surface area contributed by atoms with E-state index in [2.05, 4.69) is 131 Å². The lowest BCUT2D eigenvalue weighted by atomic mass is 9.62. The van der Waals surface area contributed by atoms with E-state index in [9.17, 15) is 30.6 Å². The van der Waals surface area contributed by atoms with Gasteiger partial charge in [-0.3, -0.25) is 10.6 Å². The molecule has 0 saturated heterocycles. The number of aryl methyl sites for hydroxylation is 1. The number of nitrogens with one attached hydrogen (secondary N) is 5. The number of aliphatic hydroxyl groups excluding tert-OH is 3. The standard InChI is InChI=1S/C76H87N5O10/c1-45(2)36-75(3,87)42-79-43-81-67-18-10-15-54(40-83)89-66-34-52(32-51(71(66)86)30-47-19-20-50(39-82)57-17-9-8-16-56(47)57)74-76(67,88-44-77-4)37-63-60-35-62-68(49-21-25-64-48(31-49)27-29-80-64)53(38-78-28-11-14-46-12-6-5-7-13-46)33-61-65(85)26-24-58(69(61)62)70(60)73-59(72(63)91-74)23-22-55(41-84)90-73/h5-9,12-13,16-17,19-21,24-27,29,31-34,45,47,50,54-55,62,67-68,74,77-87H,11,14-15,22-23,28,30,35-44H2,1-4H3/t47-,50-,54-,55-,62+,67-,68-,74-,75+,76+/m1/s1. The third-order valence-corrected chi connectivity index (χ3v) is 19.8. The van der Waals surface area contributed by atoms with Gasteiger partial charge in [0.2, 0.25) is 0 Å². The van der Waals surface area contributed by atoms with Gasteiger partial charge in [-0.15, -0.1) is 0 Å². The molecule has 0 spiro atoms. The van der Waals surface area contributed by atoms with E-state index in [1.807, 2.05) is 62.6 Å². The largest absolute Gasteiger partial charge is 0.507 e. The van der Waals surface area contributed by atoms with Crippen LogP contribution >= 0.6 is 0 Å². The summed E-state index contributed by atoms with van der Waals surface area (Å²) in [6, 6.07) is 34.5. The molecule has 15 heteroatoms. The molecular weight excluding hydrogens is 1140 g/mol. The van der Waals surface area contributed by atoms with E-state index in [0.717, 1.165) is 85.9 Å². The van der Waals surface area contributed by atoms with E-state index in [4.69, 9.17) is 18.9 Å². The Hall–Kier alpha value is -7.46. The molecule has 0 unspecified atom stereocenters. The summed E-state index contributed by atoms with van der Waals surface area (Å²) in [7, 11) is 1.85. The van der Waals surface area contributed by atoms with Gasteiger partial charge in [-0.2, -0.15) is 0 Å². The van der Waals surface area contributed by atoms with Crippen LogP contribution in [0.3, 0.4) is 0 Å². The molecule has 3 aliphatic heterocycles. The highest BCUT2D eigenvalue weighted by atomic mass is 16.6. The van der Waals surface area contributed by atoms with Crippen molar-refractivity contribution in [2.45, 2.75) is 138 Å². The predicted octanol–water partition coefficient (Wildman–Crippen LogP) is 10.0. The fourth-order valence-electron chi connectivity index (χ4n) is 15.7. The molecule has 476 valence electrons. The Labute approximate surface area is 533 Å². The average Bonchev–Trinajstić information content (AvgIpc) is 0.917. The number of allylic oxidation sites excluding steroid dienone is 1. The zero-order valence-electron chi connectivity index (χ0n) is 52.7. The fraction of sp³-hybridized carbons (Fsp3) is 0.421. The van der Waals surface area contributed by atoms with Gasteiger partial charge in [0, 0.05) is 84.3 Å². The molecule has 91 heavy (non-hydrogen) atoms. The van der Waals surface area contributed by atoms with Crippen LogP contribution in [-0.2, 0) is 36.8 Å². The maximum Gasteiger partial charge on any atom is 0.162 e. The minimum absolute atomic E-state index is 0.0342.